The summed E-state index contributed by atoms with van der Waals surface area (Å²) in [5, 5.41) is 21.3. The number of ether oxygens (including phenoxy) is 6. The van der Waals surface area contributed by atoms with Gasteiger partial charge in [-0.05, 0) is 47.5 Å². The molecule has 0 aliphatic rings. The van der Waals surface area contributed by atoms with Crippen LogP contribution in [0, 0.1) is 20.2 Å². The third-order valence-electron chi connectivity index (χ3n) is 7.96. The van der Waals surface area contributed by atoms with Gasteiger partial charge in [-0.25, -0.2) is 8.42 Å². The van der Waals surface area contributed by atoms with E-state index in [1.165, 1.54) is 91.2 Å². The molecule has 0 bridgehead atoms. The Morgan fingerprint density at radius 2 is 0.843 bits per heavy atom. The van der Waals surface area contributed by atoms with Crippen molar-refractivity contribution in [1.82, 2.24) is 0 Å². The molecule has 51 heavy (non-hydrogen) atoms. The van der Waals surface area contributed by atoms with E-state index in [0.29, 0.717) is 22.6 Å². The molecule has 14 nitrogen and oxygen atoms in total. The van der Waals surface area contributed by atoms with E-state index in [0.717, 1.165) is 0 Å². The number of nitro benzene ring substituents is 2. The number of nitro groups is 2. The van der Waals surface area contributed by atoms with E-state index in [4.69, 9.17) is 28.4 Å². The monoisotopic (exact) mass is 720 g/mol. The van der Waals surface area contributed by atoms with Crippen LogP contribution >= 0.6 is 0 Å². The lowest BCUT2D eigenvalue weighted by molar-refractivity contribution is -0.385. The van der Waals surface area contributed by atoms with Gasteiger partial charge in [0.1, 0.15) is 22.0 Å². The first-order chi connectivity index (χ1) is 24.4. The smallest absolute Gasteiger partial charge is 0.280 e. The average Bonchev–Trinajstić information content (AvgIpc) is 3.14. The number of nitrogens with zero attached hydrogens (tertiary/aromatic N) is 2. The Kier molecular flexibility index (Phi) is 12.2. The van der Waals surface area contributed by atoms with Gasteiger partial charge >= 0.3 is 0 Å². The van der Waals surface area contributed by atoms with E-state index < -0.39 is 30.2 Å². The number of hydrogen-bond donors (Lipinski definition) is 0. The minimum Gasteiger partial charge on any atom is -0.497 e. The third kappa shape index (κ3) is 8.38. The average molecular weight is 721 g/mol. The van der Waals surface area contributed by atoms with Crippen molar-refractivity contribution in [3.8, 4) is 34.5 Å². The van der Waals surface area contributed by atoms with Crippen molar-refractivity contribution in [1.29, 1.82) is 0 Å². The first-order valence-corrected chi connectivity index (χ1v) is 16.7. The molecule has 0 radical (unpaired) electrons. The van der Waals surface area contributed by atoms with Gasteiger partial charge in [0.2, 0.25) is 0 Å². The topological polar surface area (TPSA) is 176 Å². The molecule has 0 aromatic heterocycles. The van der Waals surface area contributed by atoms with E-state index in [1.54, 1.807) is 48.5 Å². The van der Waals surface area contributed by atoms with Crippen LogP contribution in [0.3, 0.4) is 0 Å². The summed E-state index contributed by atoms with van der Waals surface area (Å²) in [6.45, 7) is 0. The molecule has 0 amide bonds. The largest absolute Gasteiger partial charge is 0.497 e. The zero-order chi connectivity index (χ0) is 37.3. The van der Waals surface area contributed by atoms with E-state index in [9.17, 15) is 28.6 Å². The summed E-state index contributed by atoms with van der Waals surface area (Å²) in [6.07, 6.45) is 5.35. The summed E-state index contributed by atoms with van der Waals surface area (Å²) in [7, 11) is 3.98. The van der Waals surface area contributed by atoms with Crippen LogP contribution in [0.5, 0.6) is 34.5 Å². The van der Waals surface area contributed by atoms with Gasteiger partial charge in [0.25, 0.3) is 11.4 Å². The zero-order valence-corrected chi connectivity index (χ0v) is 29.4. The Morgan fingerprint density at radius 3 is 1.12 bits per heavy atom. The van der Waals surface area contributed by atoms with Crippen LogP contribution < -0.4 is 28.4 Å². The molecule has 15 heteroatoms. The van der Waals surface area contributed by atoms with E-state index in [2.05, 4.69) is 0 Å². The number of sulfone groups is 1. The van der Waals surface area contributed by atoms with E-state index in [1.807, 2.05) is 0 Å². The van der Waals surface area contributed by atoms with Gasteiger partial charge in [-0.1, -0.05) is 48.6 Å². The molecule has 268 valence electrons. The van der Waals surface area contributed by atoms with Gasteiger partial charge in [-0.2, -0.15) is 0 Å². The molecule has 4 rings (SSSR count). The fraction of sp³-hybridized carbons (Fsp3) is 0.222. The Labute approximate surface area is 294 Å². The standard InChI is InChI=1S/C36H36N2O12S/c1-45-27-13-7-23(8-14-27)35(17-11-25-19-31(47-3)33(49-5)21-29(25)37(39)40)51(43,44)36(24-9-15-28(46-2)16-10-24)18-12-26-20-32(48-4)34(50-6)22-30(26)38(41)42/h7-22,35-36H,1-6H3. The lowest BCUT2D eigenvalue weighted by Crippen LogP contribution is -2.19. The molecule has 0 N–H and O–H groups in total. The second-order valence-corrected chi connectivity index (χ2v) is 12.9. The number of hydrogen-bond acceptors (Lipinski definition) is 12. The maximum absolute atomic E-state index is 14.9. The Bertz CT molecular complexity index is 1900. The lowest BCUT2D eigenvalue weighted by Gasteiger charge is -2.22. The van der Waals surface area contributed by atoms with Gasteiger partial charge in [-0.15, -0.1) is 0 Å². The van der Waals surface area contributed by atoms with Crippen LogP contribution in [-0.2, 0) is 9.84 Å². The normalized spacial score (nSPS) is 12.7. The summed E-state index contributed by atoms with van der Waals surface area (Å²) >= 11 is 0. The molecule has 0 spiro atoms. The SMILES string of the molecule is COc1ccc(C(C=Cc2cc(OC)c(OC)cc2[N+](=O)[O-])S(=O)(=O)C(C=Cc2cc(OC)c(OC)cc2[N+](=O)[O-])c2ccc(OC)cc2)cc1. The molecule has 4 aromatic rings. The van der Waals surface area contributed by atoms with Gasteiger partial charge in [0.15, 0.2) is 32.8 Å². The predicted molar refractivity (Wildman–Crippen MR) is 191 cm³/mol. The van der Waals surface area contributed by atoms with Gasteiger partial charge < -0.3 is 28.4 Å². The Balaban J connectivity index is 1.97. The second kappa shape index (κ2) is 16.5. The zero-order valence-electron chi connectivity index (χ0n) is 28.6. The number of rotatable bonds is 16. The molecule has 4 aromatic carbocycles. The molecule has 0 saturated carbocycles. The second-order valence-electron chi connectivity index (χ2n) is 10.7. The van der Waals surface area contributed by atoms with Crippen molar-refractivity contribution in [2.24, 2.45) is 0 Å². The van der Waals surface area contributed by atoms with Crippen LogP contribution in [0.1, 0.15) is 32.8 Å². The van der Waals surface area contributed by atoms with Crippen LogP contribution in [0.2, 0.25) is 0 Å². The highest BCUT2D eigenvalue weighted by molar-refractivity contribution is 7.92. The van der Waals surface area contributed by atoms with Crippen molar-refractivity contribution >= 4 is 33.4 Å². The fourth-order valence-electron chi connectivity index (χ4n) is 5.30. The van der Waals surface area contributed by atoms with E-state index in [-0.39, 0.29) is 45.5 Å². The predicted octanol–water partition coefficient (Wildman–Crippen LogP) is 7.18. The minimum absolute atomic E-state index is 0.0591. The van der Waals surface area contributed by atoms with Crippen LogP contribution in [0.15, 0.2) is 84.9 Å². The highest BCUT2D eigenvalue weighted by Gasteiger charge is 2.34. The molecule has 0 aliphatic carbocycles. The quantitative estimate of drug-likeness (QED) is 0.0843. The first-order valence-electron chi connectivity index (χ1n) is 15.1. The highest BCUT2D eigenvalue weighted by Crippen LogP contribution is 2.41. The summed E-state index contributed by atoms with van der Waals surface area (Å²) in [6, 6.07) is 17.8. The van der Waals surface area contributed by atoms with Crippen molar-refractivity contribution < 1.29 is 46.7 Å². The Morgan fingerprint density at radius 1 is 0.529 bits per heavy atom. The molecule has 0 saturated heterocycles. The van der Waals surface area contributed by atoms with Crippen LogP contribution in [0.4, 0.5) is 11.4 Å². The van der Waals surface area contributed by atoms with E-state index >= 15 is 0 Å². The highest BCUT2D eigenvalue weighted by atomic mass is 32.2. The van der Waals surface area contributed by atoms with Gasteiger partial charge in [-0.3, -0.25) is 20.2 Å². The molecular weight excluding hydrogens is 684 g/mol. The third-order valence-corrected chi connectivity index (χ3v) is 10.2. The van der Waals surface area contributed by atoms with Crippen molar-refractivity contribution in [2.75, 3.05) is 42.7 Å². The Hall–Kier alpha value is -6.09. The molecule has 0 heterocycles. The van der Waals surface area contributed by atoms with Gasteiger partial charge in [0, 0.05) is 0 Å². The molecule has 0 fully saturated rings. The lowest BCUT2D eigenvalue weighted by atomic mass is 10.1. The van der Waals surface area contributed by atoms with Gasteiger partial charge in [0.05, 0.1) is 75.8 Å². The molecule has 2 atom stereocenters. The maximum Gasteiger partial charge on any atom is 0.280 e. The van der Waals surface area contributed by atoms with Crippen molar-refractivity contribution in [3.05, 3.63) is 127 Å². The summed E-state index contributed by atoms with van der Waals surface area (Å²) in [4.78, 5) is 22.9. The van der Waals surface area contributed by atoms with Crippen molar-refractivity contribution in [3.63, 3.8) is 0 Å². The van der Waals surface area contributed by atoms with Crippen LogP contribution in [0.25, 0.3) is 12.2 Å². The van der Waals surface area contributed by atoms with Crippen LogP contribution in [-0.4, -0.2) is 60.9 Å². The number of benzene rings is 4. The molecule has 0 aliphatic heterocycles. The number of methoxy groups -OCH3 is 6. The summed E-state index contributed by atoms with van der Waals surface area (Å²) in [5.41, 5.74) is 0.0652. The molecular formula is C36H36N2O12S. The first kappa shape index (κ1) is 37.7. The maximum atomic E-state index is 14.9. The fourth-order valence-corrected chi connectivity index (χ4v) is 7.28. The van der Waals surface area contributed by atoms with Crippen molar-refractivity contribution in [2.45, 2.75) is 10.5 Å². The summed E-state index contributed by atoms with van der Waals surface area (Å²) in [5.74, 6) is 1.58. The minimum atomic E-state index is -4.38. The molecule has 2 unspecified atom stereocenters. The summed E-state index contributed by atoms with van der Waals surface area (Å²) < 4.78 is 61.6.